The number of hydrogen-bond donors (Lipinski definition) is 6. The van der Waals surface area contributed by atoms with E-state index in [2.05, 4.69) is 5.32 Å². The number of nitrogens with one attached hydrogen (secondary N) is 1. The molecule has 1 unspecified atom stereocenters. The lowest BCUT2D eigenvalue weighted by molar-refractivity contribution is -0.139. The third-order valence-electron chi connectivity index (χ3n) is 2.57. The van der Waals surface area contributed by atoms with Crippen molar-refractivity contribution in [2.45, 2.75) is 18.9 Å². The molecule has 1 atom stereocenters. The second kappa shape index (κ2) is 15.1. The lowest BCUT2D eigenvalue weighted by Gasteiger charge is -2.17. The summed E-state index contributed by atoms with van der Waals surface area (Å²) in [6.45, 7) is 1.75. The van der Waals surface area contributed by atoms with E-state index >= 15 is 0 Å². The number of primary amides is 1. The van der Waals surface area contributed by atoms with Crippen LogP contribution in [0.25, 0.3) is 0 Å². The highest BCUT2D eigenvalue weighted by Gasteiger charge is 2.14. The molecule has 0 heterocycles. The van der Waals surface area contributed by atoms with Crippen LogP contribution in [0.2, 0.25) is 0 Å². The fourth-order valence-corrected chi connectivity index (χ4v) is 1.44. The van der Waals surface area contributed by atoms with Crippen LogP contribution in [0, 0.1) is 0 Å². The first-order chi connectivity index (χ1) is 9.92. The zero-order valence-corrected chi connectivity index (χ0v) is 12.4. The summed E-state index contributed by atoms with van der Waals surface area (Å²) in [5, 5.41) is 36.5. The first-order valence-corrected chi connectivity index (χ1v) is 6.66. The minimum absolute atomic E-state index is 0.0694. The molecule has 0 radical (unpaired) electrons. The number of nitrogens with two attached hydrogens (primary N) is 1. The van der Waals surface area contributed by atoms with Crippen molar-refractivity contribution in [3.8, 4) is 0 Å². The van der Waals surface area contributed by atoms with Gasteiger partial charge >= 0.3 is 5.97 Å². The predicted molar refractivity (Wildman–Crippen MR) is 76.6 cm³/mol. The molecule has 7 N–H and O–H groups in total. The number of nitrogens with zero attached hydrogens (tertiary/aromatic N) is 1. The van der Waals surface area contributed by atoms with Gasteiger partial charge in [-0.25, -0.2) is 0 Å². The van der Waals surface area contributed by atoms with E-state index in [4.69, 9.17) is 26.2 Å². The van der Waals surface area contributed by atoms with Gasteiger partial charge in [-0.2, -0.15) is 0 Å². The van der Waals surface area contributed by atoms with Crippen molar-refractivity contribution in [2.75, 3.05) is 46.5 Å². The minimum atomic E-state index is -0.964. The number of carboxylic acid groups (broad SMARTS) is 1. The number of aliphatic carboxylic acids is 1. The summed E-state index contributed by atoms with van der Waals surface area (Å²) in [7, 11) is 1.53. The van der Waals surface area contributed by atoms with E-state index in [0.29, 0.717) is 19.6 Å². The number of carboxylic acids is 1. The predicted octanol–water partition coefficient (Wildman–Crippen LogP) is -2.81. The molecule has 0 bridgehead atoms. The molecule has 0 rings (SSSR count). The van der Waals surface area contributed by atoms with E-state index in [1.54, 1.807) is 4.90 Å². The Hall–Kier alpha value is -1.26. The zero-order chi connectivity index (χ0) is 16.7. The maximum Gasteiger partial charge on any atom is 0.320 e. The average Bonchev–Trinajstić information content (AvgIpc) is 2.40. The summed E-state index contributed by atoms with van der Waals surface area (Å²) in [4.78, 5) is 22.4. The van der Waals surface area contributed by atoms with Gasteiger partial charge in [0.1, 0.15) is 6.04 Å². The van der Waals surface area contributed by atoms with Gasteiger partial charge in [-0.1, -0.05) is 0 Å². The molecule has 0 aliphatic heterocycles. The van der Waals surface area contributed by atoms with Crippen LogP contribution in [0.3, 0.4) is 0 Å². The molecule has 21 heavy (non-hydrogen) atoms. The van der Waals surface area contributed by atoms with Crippen molar-refractivity contribution in [3.63, 3.8) is 0 Å². The molecule has 0 aliphatic carbocycles. The van der Waals surface area contributed by atoms with Crippen LogP contribution in [0.1, 0.15) is 12.8 Å². The van der Waals surface area contributed by atoms with Crippen LogP contribution in [0.5, 0.6) is 0 Å². The zero-order valence-electron chi connectivity index (χ0n) is 12.4. The molecule has 0 saturated carbocycles. The van der Waals surface area contributed by atoms with E-state index in [1.165, 1.54) is 7.05 Å². The maximum atomic E-state index is 10.3. The molecule has 0 fully saturated rings. The second-order valence-electron chi connectivity index (χ2n) is 4.20. The van der Waals surface area contributed by atoms with E-state index in [-0.39, 0.29) is 32.7 Å². The third kappa shape index (κ3) is 15.0. The van der Waals surface area contributed by atoms with Crippen LogP contribution < -0.4 is 11.1 Å². The Kier molecular flexibility index (Phi) is 15.9. The number of carbonyl (C=O) groups is 2. The lowest BCUT2D eigenvalue weighted by atomic mass is 10.1. The van der Waals surface area contributed by atoms with Crippen molar-refractivity contribution in [2.24, 2.45) is 5.73 Å². The van der Waals surface area contributed by atoms with Crippen LogP contribution in [-0.4, -0.2) is 89.7 Å². The number of amides is 1. The summed E-state index contributed by atoms with van der Waals surface area (Å²) in [6.07, 6.45) is 0.332. The average molecular weight is 309 g/mol. The SMILES string of the molecule is CNC(CCC(N)=O)C(=O)O.OCCN(CCO)CCO. The van der Waals surface area contributed by atoms with Crippen LogP contribution in [-0.2, 0) is 9.59 Å². The molecule has 0 spiro atoms. The highest BCUT2D eigenvalue weighted by Crippen LogP contribution is 1.95. The molecule has 9 nitrogen and oxygen atoms in total. The molecule has 0 aliphatic rings. The van der Waals surface area contributed by atoms with Gasteiger partial charge in [0.2, 0.25) is 5.91 Å². The molecule has 0 aromatic rings. The third-order valence-corrected chi connectivity index (χ3v) is 2.57. The van der Waals surface area contributed by atoms with Crippen LogP contribution in [0.15, 0.2) is 0 Å². The van der Waals surface area contributed by atoms with E-state index in [1.807, 2.05) is 0 Å². The Morgan fingerprint density at radius 2 is 1.52 bits per heavy atom. The summed E-state index contributed by atoms with van der Waals surface area (Å²) >= 11 is 0. The number of rotatable bonds is 11. The van der Waals surface area contributed by atoms with Gasteiger partial charge in [-0.15, -0.1) is 0 Å². The fraction of sp³-hybridized carbons (Fsp3) is 0.833. The highest BCUT2D eigenvalue weighted by molar-refractivity contribution is 5.77. The first kappa shape index (κ1) is 22.0. The summed E-state index contributed by atoms with van der Waals surface area (Å²) in [5.74, 6) is -1.44. The van der Waals surface area contributed by atoms with Gasteiger partial charge in [0, 0.05) is 26.1 Å². The van der Waals surface area contributed by atoms with E-state index < -0.39 is 17.9 Å². The van der Waals surface area contributed by atoms with Crippen molar-refractivity contribution in [1.29, 1.82) is 0 Å². The number of hydrogen-bond acceptors (Lipinski definition) is 7. The number of aliphatic hydroxyl groups excluding tert-OH is 3. The Labute approximate surface area is 124 Å². The molecule has 126 valence electrons. The summed E-state index contributed by atoms with van der Waals surface area (Å²) < 4.78 is 0. The van der Waals surface area contributed by atoms with Crippen LogP contribution in [0.4, 0.5) is 0 Å². The van der Waals surface area contributed by atoms with Gasteiger partial charge in [0.05, 0.1) is 19.8 Å². The molecule has 0 aromatic heterocycles. The largest absolute Gasteiger partial charge is 0.480 e. The smallest absolute Gasteiger partial charge is 0.320 e. The monoisotopic (exact) mass is 309 g/mol. The quantitative estimate of drug-likeness (QED) is 0.239. The summed E-state index contributed by atoms with van der Waals surface area (Å²) in [6, 6.07) is -0.678. The highest BCUT2D eigenvalue weighted by atomic mass is 16.4. The van der Waals surface area contributed by atoms with Gasteiger partial charge < -0.3 is 31.5 Å². The topological polar surface area (TPSA) is 156 Å². The molecule has 0 saturated heterocycles. The Morgan fingerprint density at radius 1 is 1.10 bits per heavy atom. The minimum Gasteiger partial charge on any atom is -0.480 e. The molecule has 9 heteroatoms. The molecule has 0 aromatic carbocycles. The van der Waals surface area contributed by atoms with Crippen molar-refractivity contribution < 1.29 is 30.0 Å². The normalized spacial score (nSPS) is 11.7. The van der Waals surface area contributed by atoms with Crippen molar-refractivity contribution in [3.05, 3.63) is 0 Å². The molecule has 1 amide bonds. The molecular weight excluding hydrogens is 282 g/mol. The number of carbonyl (C=O) groups excluding carboxylic acids is 1. The molecular formula is C12H27N3O6. The Balaban J connectivity index is 0. The Bertz CT molecular complexity index is 263. The maximum absolute atomic E-state index is 10.3. The Morgan fingerprint density at radius 3 is 1.76 bits per heavy atom. The first-order valence-electron chi connectivity index (χ1n) is 6.66. The number of aliphatic hydroxyl groups is 3. The van der Waals surface area contributed by atoms with Crippen molar-refractivity contribution in [1.82, 2.24) is 10.2 Å². The fourth-order valence-electron chi connectivity index (χ4n) is 1.44. The summed E-state index contributed by atoms with van der Waals surface area (Å²) in [5.41, 5.74) is 4.84. The second-order valence-corrected chi connectivity index (χ2v) is 4.20. The standard InChI is InChI=1S/C6H12N2O3.C6H15NO3/c1-8-4(6(10)11)2-3-5(7)9;8-4-1-7(2-5-9)3-6-10/h4,8H,2-3H2,1H3,(H2,7,9)(H,10,11);8-10H,1-6H2. The van der Waals surface area contributed by atoms with Gasteiger partial charge in [0.25, 0.3) is 0 Å². The van der Waals surface area contributed by atoms with Gasteiger partial charge in [-0.05, 0) is 13.5 Å². The van der Waals surface area contributed by atoms with E-state index in [9.17, 15) is 9.59 Å². The van der Waals surface area contributed by atoms with E-state index in [0.717, 1.165) is 0 Å². The van der Waals surface area contributed by atoms with Gasteiger partial charge in [-0.3, -0.25) is 14.5 Å². The number of likely N-dealkylation sites (N-methyl/N-ethyl adjacent to an activating group) is 1. The van der Waals surface area contributed by atoms with Crippen molar-refractivity contribution >= 4 is 11.9 Å². The lowest BCUT2D eigenvalue weighted by Crippen LogP contribution is -2.34. The van der Waals surface area contributed by atoms with Crippen LogP contribution >= 0.6 is 0 Å². The van der Waals surface area contributed by atoms with Gasteiger partial charge in [0.15, 0.2) is 0 Å².